The van der Waals surface area contributed by atoms with Crippen molar-refractivity contribution in [3.63, 3.8) is 0 Å². The Morgan fingerprint density at radius 2 is 2.07 bits per heavy atom. The molecule has 0 saturated carbocycles. The molecule has 3 heteroatoms. The smallest absolute Gasteiger partial charge is 0.271 e. The van der Waals surface area contributed by atoms with E-state index in [2.05, 4.69) is 5.10 Å². The number of aromatic amines is 1. The average Bonchev–Trinajstić information content (AvgIpc) is 2.44. The van der Waals surface area contributed by atoms with E-state index in [-0.39, 0.29) is 5.56 Å². The van der Waals surface area contributed by atoms with Crippen molar-refractivity contribution in [1.29, 1.82) is 0 Å². The summed E-state index contributed by atoms with van der Waals surface area (Å²) >= 11 is 0. The van der Waals surface area contributed by atoms with Crippen LogP contribution in [0.1, 0.15) is 13.8 Å². The molecule has 0 spiro atoms. The minimum Gasteiger partial charge on any atom is -0.284 e. The van der Waals surface area contributed by atoms with E-state index in [1.165, 1.54) is 5.92 Å². The van der Waals surface area contributed by atoms with Crippen molar-refractivity contribution in [2.24, 2.45) is 0 Å². The maximum absolute atomic E-state index is 11.5. The Morgan fingerprint density at radius 3 is 2.79 bits per heavy atom. The highest BCUT2D eigenvalue weighted by Gasteiger charge is 2.05. The van der Waals surface area contributed by atoms with Gasteiger partial charge in [0.15, 0.2) is 0 Å². The molecule has 0 unspecified atom stereocenters. The summed E-state index contributed by atoms with van der Waals surface area (Å²) in [6.45, 7) is 4.86. The minimum absolute atomic E-state index is 0.0122. The Balaban J connectivity index is 2.61. The second-order valence-electron chi connectivity index (χ2n) is 3.75. The van der Waals surface area contributed by atoms with Gasteiger partial charge in [0.05, 0.1) is 10.9 Å². The van der Waals surface area contributed by atoms with Crippen molar-refractivity contribution >= 4 is 10.9 Å². The molecule has 0 bridgehead atoms. The van der Waals surface area contributed by atoms with E-state index in [9.17, 15) is 4.79 Å². The van der Waals surface area contributed by atoms with Gasteiger partial charge < -0.3 is 0 Å². The third-order valence-electron chi connectivity index (χ3n) is 2.15. The van der Waals surface area contributed by atoms with Crippen LogP contribution < -0.4 is 5.56 Å². The fraction of sp³-hybridized carbons (Fsp3) is 0.273. The summed E-state index contributed by atoms with van der Waals surface area (Å²) in [6.07, 6.45) is 0. The van der Waals surface area contributed by atoms with E-state index in [0.29, 0.717) is 0 Å². The number of hydrogen-bond acceptors (Lipinski definition) is 1. The predicted molar refractivity (Wildman–Crippen MR) is 57.1 cm³/mol. The summed E-state index contributed by atoms with van der Waals surface area (Å²) in [5.41, 5.74) is 0.959. The zero-order valence-electron chi connectivity index (χ0n) is 8.37. The summed E-state index contributed by atoms with van der Waals surface area (Å²) in [5, 5.41) is 3.58. The number of fused-ring (bicyclic) bond motifs is 1. The third kappa shape index (κ3) is 1.45. The largest absolute Gasteiger partial charge is 0.284 e. The number of rotatable bonds is 2. The lowest BCUT2D eigenvalue weighted by Gasteiger charge is -2.06. The number of aromatic nitrogens is 2. The minimum atomic E-state index is -0.0122. The van der Waals surface area contributed by atoms with Gasteiger partial charge in [-0.25, -0.2) is 0 Å². The highest BCUT2D eigenvalue weighted by atomic mass is 16.1. The molecule has 0 atom stereocenters. The molecule has 3 nitrogen and oxygen atoms in total. The van der Waals surface area contributed by atoms with E-state index in [1.807, 2.05) is 42.8 Å². The average molecular weight is 189 g/mol. The molecule has 1 heterocycles. The van der Waals surface area contributed by atoms with Gasteiger partial charge in [0.2, 0.25) is 0 Å². The monoisotopic (exact) mass is 189 g/mol. The highest BCUT2D eigenvalue weighted by molar-refractivity contribution is 5.78. The highest BCUT2D eigenvalue weighted by Crippen LogP contribution is 2.10. The zero-order valence-corrected chi connectivity index (χ0v) is 8.37. The Bertz CT molecular complexity index is 493. The van der Waals surface area contributed by atoms with Gasteiger partial charge in [-0.15, -0.1) is 0 Å². The quantitative estimate of drug-likeness (QED) is 0.770. The van der Waals surface area contributed by atoms with Crippen LogP contribution in [0.2, 0.25) is 0 Å². The molecular weight excluding hydrogens is 176 g/mol. The SMILES string of the molecule is C[C](C)Cn1[nH]c(=O)c2ccccc21. The Labute approximate surface area is 82.3 Å². The van der Waals surface area contributed by atoms with Gasteiger partial charge >= 0.3 is 0 Å². The Hall–Kier alpha value is -1.51. The lowest BCUT2D eigenvalue weighted by Crippen LogP contribution is -2.08. The van der Waals surface area contributed by atoms with Gasteiger partial charge in [-0.3, -0.25) is 14.6 Å². The number of nitrogens with zero attached hydrogens (tertiary/aromatic N) is 1. The van der Waals surface area contributed by atoms with Crippen molar-refractivity contribution < 1.29 is 0 Å². The van der Waals surface area contributed by atoms with Gasteiger partial charge in [-0.2, -0.15) is 0 Å². The van der Waals surface area contributed by atoms with Crippen LogP contribution in [-0.2, 0) is 6.54 Å². The van der Waals surface area contributed by atoms with Crippen LogP contribution in [0.4, 0.5) is 0 Å². The van der Waals surface area contributed by atoms with Crippen LogP contribution in [0.3, 0.4) is 0 Å². The summed E-state index contributed by atoms with van der Waals surface area (Å²) in [5.74, 6) is 1.27. The van der Waals surface area contributed by atoms with Crippen LogP contribution >= 0.6 is 0 Å². The Morgan fingerprint density at radius 1 is 1.36 bits per heavy atom. The van der Waals surface area contributed by atoms with E-state index >= 15 is 0 Å². The number of hydrogen-bond donors (Lipinski definition) is 1. The van der Waals surface area contributed by atoms with Crippen LogP contribution in [-0.4, -0.2) is 9.78 Å². The van der Waals surface area contributed by atoms with Gasteiger partial charge in [0.1, 0.15) is 0 Å². The first-order chi connectivity index (χ1) is 6.68. The third-order valence-corrected chi connectivity index (χ3v) is 2.15. The molecular formula is C11H13N2O. The predicted octanol–water partition coefficient (Wildman–Crippen LogP) is 1.94. The Kier molecular flexibility index (Phi) is 2.15. The van der Waals surface area contributed by atoms with Crippen molar-refractivity contribution in [2.75, 3.05) is 0 Å². The first kappa shape index (κ1) is 9.06. The van der Waals surface area contributed by atoms with Crippen LogP contribution in [0, 0.1) is 5.92 Å². The van der Waals surface area contributed by atoms with Crippen molar-refractivity contribution in [3.05, 3.63) is 40.5 Å². The molecule has 0 aliphatic rings. The second kappa shape index (κ2) is 3.33. The summed E-state index contributed by atoms with van der Waals surface area (Å²) < 4.78 is 1.88. The summed E-state index contributed by atoms with van der Waals surface area (Å²) in [6, 6.07) is 7.62. The van der Waals surface area contributed by atoms with Crippen LogP contribution in [0.15, 0.2) is 29.1 Å². The molecule has 0 amide bonds. The topological polar surface area (TPSA) is 37.8 Å². The number of para-hydroxylation sites is 1. The first-order valence-electron chi connectivity index (χ1n) is 4.65. The fourth-order valence-corrected chi connectivity index (χ4v) is 1.58. The summed E-state index contributed by atoms with van der Waals surface area (Å²) in [4.78, 5) is 11.5. The molecule has 2 rings (SSSR count). The van der Waals surface area contributed by atoms with Gasteiger partial charge in [0, 0.05) is 6.54 Å². The molecule has 0 fully saturated rings. The fourth-order valence-electron chi connectivity index (χ4n) is 1.58. The normalized spacial score (nSPS) is 11.4. The van der Waals surface area contributed by atoms with Gasteiger partial charge in [-0.1, -0.05) is 26.0 Å². The molecule has 73 valence electrons. The molecule has 1 aromatic heterocycles. The van der Waals surface area contributed by atoms with Gasteiger partial charge in [-0.05, 0) is 18.1 Å². The van der Waals surface area contributed by atoms with E-state index in [0.717, 1.165) is 17.4 Å². The van der Waals surface area contributed by atoms with Gasteiger partial charge in [0.25, 0.3) is 5.56 Å². The molecule has 14 heavy (non-hydrogen) atoms. The lowest BCUT2D eigenvalue weighted by atomic mass is 10.2. The molecule has 0 aliphatic heterocycles. The van der Waals surface area contributed by atoms with Crippen LogP contribution in [0.25, 0.3) is 10.9 Å². The maximum Gasteiger partial charge on any atom is 0.271 e. The standard InChI is InChI=1S/C11H13N2O/c1-8(2)7-13-10-6-4-3-5-9(10)11(14)12-13/h3-6H,7H2,1-2H3,(H,12,14). The van der Waals surface area contributed by atoms with Crippen molar-refractivity contribution in [2.45, 2.75) is 20.4 Å². The summed E-state index contributed by atoms with van der Waals surface area (Å²) in [7, 11) is 0. The molecule has 1 radical (unpaired) electrons. The molecule has 0 aliphatic carbocycles. The molecule has 2 aromatic rings. The number of H-pyrrole nitrogens is 1. The molecule has 0 saturated heterocycles. The lowest BCUT2D eigenvalue weighted by molar-refractivity contribution is 0.643. The van der Waals surface area contributed by atoms with Crippen molar-refractivity contribution in [1.82, 2.24) is 9.78 Å². The molecule has 1 N–H and O–H groups in total. The second-order valence-corrected chi connectivity index (χ2v) is 3.75. The maximum atomic E-state index is 11.5. The van der Waals surface area contributed by atoms with E-state index < -0.39 is 0 Å². The van der Waals surface area contributed by atoms with E-state index in [4.69, 9.17) is 0 Å². The zero-order chi connectivity index (χ0) is 10.1. The van der Waals surface area contributed by atoms with Crippen LogP contribution in [0.5, 0.6) is 0 Å². The number of nitrogens with one attached hydrogen (secondary N) is 1. The molecule has 1 aromatic carbocycles. The van der Waals surface area contributed by atoms with Crippen molar-refractivity contribution in [3.8, 4) is 0 Å². The first-order valence-corrected chi connectivity index (χ1v) is 4.65. The van der Waals surface area contributed by atoms with E-state index in [1.54, 1.807) is 0 Å². The number of benzene rings is 1.